The normalized spacial score (nSPS) is 15.2. The summed E-state index contributed by atoms with van der Waals surface area (Å²) >= 11 is 6.24. The summed E-state index contributed by atoms with van der Waals surface area (Å²) in [5, 5.41) is 3.35. The summed E-state index contributed by atoms with van der Waals surface area (Å²) < 4.78 is 14.1. The van der Waals surface area contributed by atoms with Gasteiger partial charge in [-0.3, -0.25) is 9.59 Å². The third-order valence-electron chi connectivity index (χ3n) is 6.38. The van der Waals surface area contributed by atoms with E-state index in [9.17, 15) is 9.59 Å². The maximum atomic E-state index is 13.2. The predicted octanol–water partition coefficient (Wildman–Crippen LogP) is 6.26. The van der Waals surface area contributed by atoms with Gasteiger partial charge in [-0.15, -0.1) is 0 Å². The maximum Gasteiger partial charge on any atom is 0.244 e. The number of carbonyl (C=O) groups excluding carboxylic acids is 2. The topological polar surface area (TPSA) is 85.7 Å². The Labute approximate surface area is 228 Å². The zero-order valence-corrected chi connectivity index (χ0v) is 22.7. The first-order valence-corrected chi connectivity index (χ1v) is 13.6. The van der Waals surface area contributed by atoms with Gasteiger partial charge in [-0.2, -0.15) is 0 Å². The van der Waals surface area contributed by atoms with Crippen LogP contribution in [0, 0.1) is 0 Å². The van der Waals surface area contributed by atoms with Crippen LogP contribution >= 0.6 is 11.6 Å². The number of para-hydroxylation sites is 2. The highest BCUT2D eigenvalue weighted by Crippen LogP contribution is 2.36. The van der Waals surface area contributed by atoms with Crippen molar-refractivity contribution in [3.05, 3.63) is 65.7 Å². The molecule has 1 aliphatic rings. The molecule has 1 aliphatic heterocycles. The van der Waals surface area contributed by atoms with Crippen LogP contribution in [0.1, 0.15) is 57.7 Å². The lowest BCUT2D eigenvalue weighted by Gasteiger charge is -2.23. The van der Waals surface area contributed by atoms with Crippen molar-refractivity contribution in [3.63, 3.8) is 0 Å². The molecule has 2 amide bonds. The van der Waals surface area contributed by atoms with E-state index in [4.69, 9.17) is 21.1 Å². The Hall–Kier alpha value is -3.52. The molecule has 0 aliphatic carbocycles. The Bertz CT molecular complexity index is 1240. The Morgan fingerprint density at radius 1 is 1.08 bits per heavy atom. The number of nitrogens with zero attached hydrogens (tertiary/aromatic N) is 3. The minimum absolute atomic E-state index is 0.0501. The molecule has 0 saturated carbocycles. The second-order valence-corrected chi connectivity index (χ2v) is 10.1. The van der Waals surface area contributed by atoms with Gasteiger partial charge in [-0.25, -0.2) is 4.98 Å². The average molecular weight is 539 g/mol. The molecule has 1 N–H and O–H groups in total. The maximum absolute atomic E-state index is 13.2. The van der Waals surface area contributed by atoms with E-state index in [0.717, 1.165) is 31.5 Å². The Morgan fingerprint density at radius 2 is 1.87 bits per heavy atom. The molecule has 202 valence electrons. The summed E-state index contributed by atoms with van der Waals surface area (Å²) in [6.45, 7) is 5.70. The van der Waals surface area contributed by atoms with Crippen LogP contribution in [0.4, 0.5) is 5.69 Å². The molecule has 0 radical (unpaired) electrons. The molecule has 4 rings (SSSR count). The highest BCUT2D eigenvalue weighted by Gasteiger charge is 2.20. The zero-order valence-electron chi connectivity index (χ0n) is 22.0. The van der Waals surface area contributed by atoms with Gasteiger partial charge in [0.05, 0.1) is 18.8 Å². The molecule has 1 aromatic heterocycles. The lowest BCUT2D eigenvalue weighted by Crippen LogP contribution is -2.39. The molecule has 2 aromatic carbocycles. The number of aromatic nitrogens is 2. The zero-order chi connectivity index (χ0) is 26.9. The third kappa shape index (κ3) is 7.51. The Kier molecular flexibility index (Phi) is 9.65. The van der Waals surface area contributed by atoms with Crippen molar-refractivity contribution >= 4 is 29.1 Å². The minimum atomic E-state index is -0.312. The Balaban J connectivity index is 1.51. The number of halogens is 1. The van der Waals surface area contributed by atoms with Crippen molar-refractivity contribution in [1.29, 1.82) is 0 Å². The van der Waals surface area contributed by atoms with Crippen molar-refractivity contribution in [2.75, 3.05) is 25.0 Å². The van der Waals surface area contributed by atoms with E-state index in [1.54, 1.807) is 29.3 Å². The number of benzene rings is 2. The number of aryl methyl sites for hydroxylation is 1. The molecule has 3 aromatic rings. The molecular formula is C29H35ClN4O4. The van der Waals surface area contributed by atoms with Crippen LogP contribution < -0.4 is 14.8 Å². The van der Waals surface area contributed by atoms with Crippen molar-refractivity contribution in [2.24, 2.45) is 0 Å². The van der Waals surface area contributed by atoms with Gasteiger partial charge in [0, 0.05) is 42.8 Å². The van der Waals surface area contributed by atoms with Gasteiger partial charge in [-0.05, 0) is 43.2 Å². The molecule has 38 heavy (non-hydrogen) atoms. The first-order chi connectivity index (χ1) is 18.4. The first kappa shape index (κ1) is 27.5. The number of carbonyl (C=O) groups is 2. The molecule has 0 atom stereocenters. The van der Waals surface area contributed by atoms with Gasteiger partial charge in [-0.1, -0.05) is 50.4 Å². The lowest BCUT2D eigenvalue weighted by molar-refractivity contribution is -0.135. The van der Waals surface area contributed by atoms with E-state index in [1.807, 2.05) is 35.0 Å². The molecule has 0 fully saturated rings. The van der Waals surface area contributed by atoms with Crippen LogP contribution in [0.3, 0.4) is 0 Å². The van der Waals surface area contributed by atoms with Crippen LogP contribution in [0.25, 0.3) is 0 Å². The van der Waals surface area contributed by atoms with E-state index in [1.165, 1.54) is 0 Å². The van der Waals surface area contributed by atoms with Crippen molar-refractivity contribution in [2.45, 2.75) is 58.4 Å². The molecule has 8 nitrogen and oxygen atoms in total. The summed E-state index contributed by atoms with van der Waals surface area (Å²) in [5.74, 6) is 2.46. The number of fused-ring (bicyclic) bond motifs is 2. The van der Waals surface area contributed by atoms with Gasteiger partial charge in [0.1, 0.15) is 5.82 Å². The van der Waals surface area contributed by atoms with E-state index in [2.05, 4.69) is 24.1 Å². The van der Waals surface area contributed by atoms with Gasteiger partial charge < -0.3 is 24.3 Å². The van der Waals surface area contributed by atoms with Crippen LogP contribution in [0.15, 0.2) is 54.9 Å². The fourth-order valence-electron chi connectivity index (χ4n) is 4.44. The highest BCUT2D eigenvalue weighted by molar-refractivity contribution is 6.31. The minimum Gasteiger partial charge on any atom is -0.490 e. The van der Waals surface area contributed by atoms with Crippen molar-refractivity contribution in [3.8, 4) is 17.2 Å². The van der Waals surface area contributed by atoms with E-state index < -0.39 is 0 Å². The summed E-state index contributed by atoms with van der Waals surface area (Å²) in [6.07, 6.45) is 7.53. The van der Waals surface area contributed by atoms with Gasteiger partial charge in [0.25, 0.3) is 0 Å². The number of ether oxygens (including phenoxy) is 2. The van der Waals surface area contributed by atoms with Crippen LogP contribution in [0.5, 0.6) is 17.2 Å². The second-order valence-electron chi connectivity index (χ2n) is 9.70. The number of rotatable bonds is 4. The second kappa shape index (κ2) is 13.3. The summed E-state index contributed by atoms with van der Waals surface area (Å²) in [6, 6.07) is 12.5. The number of anilines is 1. The average Bonchev–Trinajstić information content (AvgIpc) is 3.37. The fraction of sp³-hybridized carbons (Fsp3) is 0.414. The number of imidazole rings is 1. The predicted molar refractivity (Wildman–Crippen MR) is 148 cm³/mol. The molecule has 0 spiro atoms. The summed E-state index contributed by atoms with van der Waals surface area (Å²) in [5.41, 5.74) is 0.428. The fourth-order valence-corrected chi connectivity index (χ4v) is 4.61. The lowest BCUT2D eigenvalue weighted by atomic mass is 10.2. The van der Waals surface area contributed by atoms with Crippen LogP contribution in [-0.4, -0.2) is 46.0 Å². The van der Waals surface area contributed by atoms with E-state index in [0.29, 0.717) is 54.1 Å². The first-order valence-electron chi connectivity index (χ1n) is 13.2. The number of amides is 2. The van der Waals surface area contributed by atoms with Gasteiger partial charge >= 0.3 is 0 Å². The molecular weight excluding hydrogens is 504 g/mol. The SMILES string of the molecule is CC(C)c1nccn1CCC(=O)N1CCCCCCOc2ccccc2Oc2ccc(Cl)cc2NC(=O)C1. The molecule has 0 bridgehead atoms. The molecule has 9 heteroatoms. The standard InChI is InChI=1S/C29H35ClN4O4/c1-21(2)29-31-14-17-33(29)16-13-28(36)34-15-7-3-4-8-18-37-25-9-5-6-10-26(25)38-24-12-11-22(30)19-23(24)32-27(35)20-34/h5-6,9-12,14,17,19,21H,3-4,7-8,13,15-16,18,20H2,1-2H3,(H,32,35). The van der Waals surface area contributed by atoms with Gasteiger partial charge in [0.2, 0.25) is 11.8 Å². The Morgan fingerprint density at radius 3 is 2.68 bits per heavy atom. The summed E-state index contributed by atoms with van der Waals surface area (Å²) in [7, 11) is 0. The highest BCUT2D eigenvalue weighted by atomic mass is 35.5. The number of hydrogen-bond donors (Lipinski definition) is 1. The van der Waals surface area contributed by atoms with Gasteiger partial charge in [0.15, 0.2) is 17.2 Å². The van der Waals surface area contributed by atoms with Crippen LogP contribution in [0.2, 0.25) is 5.02 Å². The summed E-state index contributed by atoms with van der Waals surface area (Å²) in [4.78, 5) is 32.4. The third-order valence-corrected chi connectivity index (χ3v) is 6.62. The molecule has 0 saturated heterocycles. The number of nitrogens with one attached hydrogen (secondary N) is 1. The molecule has 0 unspecified atom stereocenters. The van der Waals surface area contributed by atoms with Crippen molar-refractivity contribution in [1.82, 2.24) is 14.5 Å². The van der Waals surface area contributed by atoms with E-state index in [-0.39, 0.29) is 24.3 Å². The largest absolute Gasteiger partial charge is 0.490 e. The number of hydrogen-bond acceptors (Lipinski definition) is 5. The quantitative estimate of drug-likeness (QED) is 0.423. The smallest absolute Gasteiger partial charge is 0.244 e. The van der Waals surface area contributed by atoms with E-state index >= 15 is 0 Å². The van der Waals surface area contributed by atoms with Crippen LogP contribution in [-0.2, 0) is 16.1 Å². The molecule has 2 heterocycles. The van der Waals surface area contributed by atoms with Crippen molar-refractivity contribution < 1.29 is 19.1 Å². The monoisotopic (exact) mass is 538 g/mol.